The van der Waals surface area contributed by atoms with Gasteiger partial charge in [-0.3, -0.25) is 9.69 Å². The third-order valence-corrected chi connectivity index (χ3v) is 4.62. The fourth-order valence-corrected chi connectivity index (χ4v) is 3.49. The molecule has 1 aliphatic rings. The maximum absolute atomic E-state index is 11.9. The van der Waals surface area contributed by atoms with Crippen LogP contribution in [0.15, 0.2) is 39.6 Å². The summed E-state index contributed by atoms with van der Waals surface area (Å²) < 4.78 is 5.11. The molecule has 2 aromatic heterocycles. The number of nitrogens with one attached hydrogen (secondary N) is 1. The van der Waals surface area contributed by atoms with Gasteiger partial charge in [0.15, 0.2) is 5.76 Å². The van der Waals surface area contributed by atoms with Gasteiger partial charge in [0.1, 0.15) is 0 Å². The smallest absolute Gasteiger partial charge is 0.286 e. The van der Waals surface area contributed by atoms with Crippen LogP contribution in [0.25, 0.3) is 0 Å². The molecular formula is C16H20N2O2S. The number of carbonyl (C=O) groups is 1. The Labute approximate surface area is 128 Å². The van der Waals surface area contributed by atoms with E-state index in [1.807, 2.05) is 0 Å². The minimum atomic E-state index is -0.116. The largest absolute Gasteiger partial charge is 0.459 e. The van der Waals surface area contributed by atoms with Gasteiger partial charge in [0.05, 0.1) is 6.26 Å². The Morgan fingerprint density at radius 3 is 3.19 bits per heavy atom. The lowest BCUT2D eigenvalue weighted by Gasteiger charge is -2.32. The van der Waals surface area contributed by atoms with E-state index < -0.39 is 0 Å². The van der Waals surface area contributed by atoms with Crippen LogP contribution in [0.2, 0.25) is 0 Å². The van der Waals surface area contributed by atoms with Crippen LogP contribution in [0.3, 0.4) is 0 Å². The molecule has 1 saturated heterocycles. The van der Waals surface area contributed by atoms with E-state index in [1.165, 1.54) is 24.7 Å². The Hall–Kier alpha value is -1.59. The minimum Gasteiger partial charge on any atom is -0.459 e. The molecule has 0 aliphatic carbocycles. The van der Waals surface area contributed by atoms with Crippen molar-refractivity contribution in [1.29, 1.82) is 0 Å². The molecule has 112 valence electrons. The molecule has 0 radical (unpaired) electrons. The standard InChI is InChI=1S/C16H20N2O2S/c19-16(15-4-2-7-20-15)17-9-13-3-1-6-18(10-13)11-14-5-8-21-12-14/h2,4-5,7-8,12-13H,1,3,6,9-11H2,(H,17,19)/t13-/m1/s1. The second-order valence-electron chi connectivity index (χ2n) is 5.56. The summed E-state index contributed by atoms with van der Waals surface area (Å²) >= 11 is 1.75. The molecule has 0 saturated carbocycles. The van der Waals surface area contributed by atoms with E-state index in [1.54, 1.807) is 23.5 Å². The Morgan fingerprint density at radius 2 is 2.43 bits per heavy atom. The topological polar surface area (TPSA) is 45.5 Å². The van der Waals surface area contributed by atoms with E-state index in [0.717, 1.165) is 26.2 Å². The van der Waals surface area contributed by atoms with Crippen molar-refractivity contribution < 1.29 is 9.21 Å². The molecule has 3 heterocycles. The Kier molecular flexibility index (Phi) is 4.72. The molecule has 3 rings (SSSR count). The molecule has 0 aromatic carbocycles. The summed E-state index contributed by atoms with van der Waals surface area (Å²) in [5.41, 5.74) is 1.39. The third kappa shape index (κ3) is 3.95. The maximum atomic E-state index is 11.9. The van der Waals surface area contributed by atoms with Crippen molar-refractivity contribution in [3.05, 3.63) is 46.5 Å². The number of likely N-dealkylation sites (tertiary alicyclic amines) is 1. The van der Waals surface area contributed by atoms with E-state index >= 15 is 0 Å². The van der Waals surface area contributed by atoms with E-state index in [-0.39, 0.29) is 5.91 Å². The van der Waals surface area contributed by atoms with E-state index in [9.17, 15) is 4.79 Å². The summed E-state index contributed by atoms with van der Waals surface area (Å²) in [6.45, 7) is 3.94. The number of hydrogen-bond donors (Lipinski definition) is 1. The van der Waals surface area contributed by atoms with Crippen LogP contribution in [0, 0.1) is 5.92 Å². The van der Waals surface area contributed by atoms with Crippen LogP contribution in [-0.2, 0) is 6.54 Å². The molecule has 1 fully saturated rings. The number of furan rings is 1. The van der Waals surface area contributed by atoms with Crippen molar-refractivity contribution in [2.45, 2.75) is 19.4 Å². The van der Waals surface area contributed by atoms with Crippen molar-refractivity contribution >= 4 is 17.2 Å². The molecule has 4 nitrogen and oxygen atoms in total. The minimum absolute atomic E-state index is 0.116. The molecule has 1 amide bonds. The highest BCUT2D eigenvalue weighted by atomic mass is 32.1. The zero-order valence-corrected chi connectivity index (χ0v) is 12.8. The van der Waals surface area contributed by atoms with E-state index in [2.05, 4.69) is 27.0 Å². The van der Waals surface area contributed by atoms with Crippen LogP contribution in [0.5, 0.6) is 0 Å². The third-order valence-electron chi connectivity index (χ3n) is 3.89. The number of hydrogen-bond acceptors (Lipinski definition) is 4. The summed E-state index contributed by atoms with van der Waals surface area (Å²) in [6, 6.07) is 5.62. The van der Waals surface area contributed by atoms with Gasteiger partial charge in [-0.05, 0) is 59.8 Å². The molecule has 0 spiro atoms. The zero-order valence-electron chi connectivity index (χ0n) is 12.0. The highest BCUT2D eigenvalue weighted by molar-refractivity contribution is 7.07. The summed E-state index contributed by atoms with van der Waals surface area (Å²) in [5.74, 6) is 0.798. The number of nitrogens with zero attached hydrogens (tertiary/aromatic N) is 1. The van der Waals surface area contributed by atoms with Crippen molar-refractivity contribution in [3.63, 3.8) is 0 Å². The lowest BCUT2D eigenvalue weighted by atomic mass is 9.97. The molecule has 1 aliphatic heterocycles. The number of rotatable bonds is 5. The normalized spacial score (nSPS) is 19.5. The summed E-state index contributed by atoms with van der Waals surface area (Å²) in [4.78, 5) is 14.4. The van der Waals surface area contributed by atoms with Crippen LogP contribution in [0.4, 0.5) is 0 Å². The molecule has 21 heavy (non-hydrogen) atoms. The predicted octanol–water partition coefficient (Wildman–Crippen LogP) is 2.98. The van der Waals surface area contributed by atoms with Gasteiger partial charge >= 0.3 is 0 Å². The predicted molar refractivity (Wildman–Crippen MR) is 83.4 cm³/mol. The fourth-order valence-electron chi connectivity index (χ4n) is 2.83. The van der Waals surface area contributed by atoms with Gasteiger partial charge in [0.25, 0.3) is 5.91 Å². The van der Waals surface area contributed by atoms with Crippen molar-refractivity contribution in [3.8, 4) is 0 Å². The second kappa shape index (κ2) is 6.91. The van der Waals surface area contributed by atoms with Crippen LogP contribution in [0.1, 0.15) is 29.0 Å². The van der Waals surface area contributed by atoms with Gasteiger partial charge in [-0.1, -0.05) is 0 Å². The zero-order chi connectivity index (χ0) is 14.5. The van der Waals surface area contributed by atoms with Gasteiger partial charge in [-0.15, -0.1) is 0 Å². The molecule has 0 unspecified atom stereocenters. The first-order valence-corrected chi connectivity index (χ1v) is 8.30. The van der Waals surface area contributed by atoms with Crippen LogP contribution < -0.4 is 5.32 Å². The quantitative estimate of drug-likeness (QED) is 0.923. The Morgan fingerprint density at radius 1 is 1.48 bits per heavy atom. The van der Waals surface area contributed by atoms with Gasteiger partial charge in [0.2, 0.25) is 0 Å². The molecule has 1 atom stereocenters. The second-order valence-corrected chi connectivity index (χ2v) is 6.34. The molecule has 1 N–H and O–H groups in total. The van der Waals surface area contributed by atoms with Gasteiger partial charge in [-0.25, -0.2) is 0 Å². The van der Waals surface area contributed by atoms with Crippen LogP contribution >= 0.6 is 11.3 Å². The summed E-state index contributed by atoms with van der Waals surface area (Å²) in [5, 5.41) is 7.31. The molecule has 2 aromatic rings. The van der Waals surface area contributed by atoms with Crippen molar-refractivity contribution in [2.24, 2.45) is 5.92 Å². The molecular weight excluding hydrogens is 284 g/mol. The van der Waals surface area contributed by atoms with Crippen molar-refractivity contribution in [2.75, 3.05) is 19.6 Å². The number of carbonyl (C=O) groups excluding carboxylic acids is 1. The number of amides is 1. The van der Waals surface area contributed by atoms with Gasteiger partial charge in [0, 0.05) is 19.6 Å². The monoisotopic (exact) mass is 304 g/mol. The van der Waals surface area contributed by atoms with Crippen molar-refractivity contribution in [1.82, 2.24) is 10.2 Å². The van der Waals surface area contributed by atoms with Gasteiger partial charge < -0.3 is 9.73 Å². The summed E-state index contributed by atoms with van der Waals surface area (Å²) in [6.07, 6.45) is 3.90. The van der Waals surface area contributed by atoms with E-state index in [4.69, 9.17) is 4.42 Å². The number of piperidine rings is 1. The first-order valence-electron chi connectivity index (χ1n) is 7.36. The first-order chi connectivity index (χ1) is 10.3. The lowest BCUT2D eigenvalue weighted by molar-refractivity contribution is 0.0903. The first kappa shape index (κ1) is 14.4. The maximum Gasteiger partial charge on any atom is 0.286 e. The number of thiophene rings is 1. The summed E-state index contributed by atoms with van der Waals surface area (Å²) in [7, 11) is 0. The molecule has 0 bridgehead atoms. The van der Waals surface area contributed by atoms with Crippen LogP contribution in [-0.4, -0.2) is 30.4 Å². The fraction of sp³-hybridized carbons (Fsp3) is 0.438. The SMILES string of the molecule is O=C(NC[C@H]1CCCN(Cc2ccsc2)C1)c1ccco1. The van der Waals surface area contributed by atoms with Gasteiger partial charge in [-0.2, -0.15) is 11.3 Å². The Balaban J connectivity index is 1.46. The van der Waals surface area contributed by atoms with E-state index in [0.29, 0.717) is 11.7 Å². The lowest BCUT2D eigenvalue weighted by Crippen LogP contribution is -2.40. The Bertz CT molecular complexity index is 551. The average Bonchev–Trinajstić information content (AvgIpc) is 3.18. The highest BCUT2D eigenvalue weighted by Gasteiger charge is 2.21. The average molecular weight is 304 g/mol. The molecule has 5 heteroatoms. The highest BCUT2D eigenvalue weighted by Crippen LogP contribution is 2.19.